The van der Waals surface area contributed by atoms with Crippen molar-refractivity contribution < 1.29 is 5.11 Å². The Hall–Kier alpha value is -0.0600. The van der Waals surface area contributed by atoms with E-state index in [1.165, 1.54) is 0 Å². The molecule has 0 saturated carbocycles. The first-order valence-electron chi connectivity index (χ1n) is 5.07. The van der Waals surface area contributed by atoms with Crippen LogP contribution in [0.4, 0.5) is 0 Å². The average Bonchev–Trinajstić information content (AvgIpc) is 2.31. The molecule has 1 N–H and O–H groups in total. The zero-order valence-corrected chi connectivity index (χ0v) is 13.7. The molecule has 0 spiro atoms. The van der Waals surface area contributed by atoms with Gasteiger partial charge in [0.05, 0.1) is 0 Å². The molecule has 2 aromatic rings. The van der Waals surface area contributed by atoms with Crippen molar-refractivity contribution in [2.75, 3.05) is 0 Å². The lowest BCUT2D eigenvalue weighted by Crippen LogP contribution is -2.01. The van der Waals surface area contributed by atoms with Gasteiger partial charge in [0.1, 0.15) is 6.10 Å². The van der Waals surface area contributed by atoms with Gasteiger partial charge in [0.2, 0.25) is 0 Å². The molecule has 0 fully saturated rings. The van der Waals surface area contributed by atoms with Crippen LogP contribution in [0, 0.1) is 0 Å². The summed E-state index contributed by atoms with van der Waals surface area (Å²) < 4.78 is 1.72. The third-order valence-corrected chi connectivity index (χ3v) is 4.29. The summed E-state index contributed by atoms with van der Waals surface area (Å²) in [6.45, 7) is 0. The second kappa shape index (κ2) is 5.93. The maximum atomic E-state index is 10.4. The van der Waals surface area contributed by atoms with Gasteiger partial charge in [-0.1, -0.05) is 61.1 Å². The molecule has 1 nitrogen and oxygen atoms in total. The number of benzene rings is 2. The van der Waals surface area contributed by atoms with E-state index in [0.29, 0.717) is 15.6 Å². The lowest BCUT2D eigenvalue weighted by molar-refractivity contribution is 0.219. The monoisotopic (exact) mass is 408 g/mol. The van der Waals surface area contributed by atoms with E-state index in [1.807, 2.05) is 18.2 Å². The molecule has 0 aliphatic heterocycles. The first-order valence-corrected chi connectivity index (χ1v) is 7.41. The van der Waals surface area contributed by atoms with Gasteiger partial charge < -0.3 is 5.11 Å². The molecule has 0 bridgehead atoms. The van der Waals surface area contributed by atoms with Crippen molar-refractivity contribution in [1.82, 2.24) is 0 Å². The van der Waals surface area contributed by atoms with Crippen LogP contribution in [0.1, 0.15) is 17.2 Å². The summed E-state index contributed by atoms with van der Waals surface area (Å²) in [5, 5.41) is 11.4. The van der Waals surface area contributed by atoms with Gasteiger partial charge in [0.25, 0.3) is 0 Å². The summed E-state index contributed by atoms with van der Waals surface area (Å²) in [7, 11) is 0. The SMILES string of the molecule is OC(c1ccc(Cl)cc1Cl)c1cc(Br)ccc1Br. The van der Waals surface area contributed by atoms with Gasteiger partial charge in [0, 0.05) is 30.1 Å². The van der Waals surface area contributed by atoms with E-state index < -0.39 is 6.10 Å². The van der Waals surface area contributed by atoms with Crippen molar-refractivity contribution >= 4 is 55.1 Å². The van der Waals surface area contributed by atoms with Gasteiger partial charge in [-0.3, -0.25) is 0 Å². The molecule has 94 valence electrons. The quantitative estimate of drug-likeness (QED) is 0.683. The predicted octanol–water partition coefficient (Wildman–Crippen LogP) is 5.60. The van der Waals surface area contributed by atoms with Crippen LogP contribution in [0.5, 0.6) is 0 Å². The molecule has 0 saturated heterocycles. The minimum absolute atomic E-state index is 0.446. The molecule has 18 heavy (non-hydrogen) atoms. The summed E-state index contributed by atoms with van der Waals surface area (Å²) in [5.74, 6) is 0. The fourth-order valence-electron chi connectivity index (χ4n) is 1.61. The Morgan fingerprint density at radius 1 is 0.944 bits per heavy atom. The van der Waals surface area contributed by atoms with E-state index in [9.17, 15) is 5.11 Å². The lowest BCUT2D eigenvalue weighted by Gasteiger charge is -2.15. The van der Waals surface area contributed by atoms with Crippen LogP contribution >= 0.6 is 55.1 Å². The maximum Gasteiger partial charge on any atom is 0.107 e. The summed E-state index contributed by atoms with van der Waals surface area (Å²) in [5.41, 5.74) is 1.37. The highest BCUT2D eigenvalue weighted by atomic mass is 79.9. The van der Waals surface area contributed by atoms with Crippen molar-refractivity contribution in [2.45, 2.75) is 6.10 Å². The van der Waals surface area contributed by atoms with Crippen LogP contribution in [0.15, 0.2) is 45.3 Å². The molecule has 0 aliphatic carbocycles. The summed E-state index contributed by atoms with van der Waals surface area (Å²) in [6.07, 6.45) is -0.804. The molecule has 1 unspecified atom stereocenters. The molecule has 0 aromatic heterocycles. The van der Waals surface area contributed by atoms with Crippen molar-refractivity contribution in [3.8, 4) is 0 Å². The number of rotatable bonds is 2. The smallest absolute Gasteiger partial charge is 0.107 e. The standard InChI is InChI=1S/C13H8Br2Cl2O/c14-7-1-4-11(15)10(5-7)13(18)9-3-2-8(16)6-12(9)17/h1-6,13,18H. The van der Waals surface area contributed by atoms with Crippen molar-refractivity contribution in [3.05, 3.63) is 66.5 Å². The van der Waals surface area contributed by atoms with E-state index in [1.54, 1.807) is 18.2 Å². The van der Waals surface area contributed by atoms with Gasteiger partial charge in [-0.2, -0.15) is 0 Å². The first kappa shape index (κ1) is 14.4. The van der Waals surface area contributed by atoms with Crippen molar-refractivity contribution in [2.24, 2.45) is 0 Å². The summed E-state index contributed by atoms with van der Waals surface area (Å²) in [6, 6.07) is 10.7. The molecular formula is C13H8Br2Cl2O. The second-order valence-electron chi connectivity index (χ2n) is 3.73. The number of hydrogen-bond donors (Lipinski definition) is 1. The fraction of sp³-hybridized carbons (Fsp3) is 0.0769. The Kier molecular flexibility index (Phi) is 4.73. The Morgan fingerprint density at radius 3 is 2.33 bits per heavy atom. The fourth-order valence-corrected chi connectivity index (χ4v) is 2.97. The number of aliphatic hydroxyl groups excluding tert-OH is 1. The Balaban J connectivity index is 2.47. The molecule has 0 amide bonds. The molecule has 1 atom stereocenters. The van der Waals surface area contributed by atoms with Crippen molar-refractivity contribution in [3.63, 3.8) is 0 Å². The van der Waals surface area contributed by atoms with Crippen LogP contribution in [0.2, 0.25) is 10.0 Å². The Morgan fingerprint density at radius 2 is 1.67 bits per heavy atom. The molecular weight excluding hydrogens is 403 g/mol. The van der Waals surface area contributed by atoms with Gasteiger partial charge in [-0.05, 0) is 30.3 Å². The molecule has 0 radical (unpaired) electrons. The number of hydrogen-bond acceptors (Lipinski definition) is 1. The third-order valence-electron chi connectivity index (χ3n) is 2.51. The largest absolute Gasteiger partial charge is 0.384 e. The van der Waals surface area contributed by atoms with Gasteiger partial charge in [-0.15, -0.1) is 0 Å². The van der Waals surface area contributed by atoms with Gasteiger partial charge in [-0.25, -0.2) is 0 Å². The number of halogens is 4. The van der Waals surface area contributed by atoms with Crippen LogP contribution < -0.4 is 0 Å². The lowest BCUT2D eigenvalue weighted by atomic mass is 10.0. The first-order chi connectivity index (χ1) is 8.49. The third kappa shape index (κ3) is 3.09. The highest BCUT2D eigenvalue weighted by Gasteiger charge is 2.17. The van der Waals surface area contributed by atoms with E-state index >= 15 is 0 Å². The molecule has 2 rings (SSSR count). The second-order valence-corrected chi connectivity index (χ2v) is 6.35. The summed E-state index contributed by atoms with van der Waals surface area (Å²) >= 11 is 18.7. The van der Waals surface area contributed by atoms with E-state index in [0.717, 1.165) is 14.5 Å². The predicted molar refractivity (Wildman–Crippen MR) is 82.4 cm³/mol. The molecule has 0 heterocycles. The summed E-state index contributed by atoms with van der Waals surface area (Å²) in [4.78, 5) is 0. The normalized spacial score (nSPS) is 12.5. The van der Waals surface area contributed by atoms with Crippen molar-refractivity contribution in [1.29, 1.82) is 0 Å². The van der Waals surface area contributed by atoms with Crippen LogP contribution in [0.25, 0.3) is 0 Å². The zero-order chi connectivity index (χ0) is 13.3. The topological polar surface area (TPSA) is 20.2 Å². The highest BCUT2D eigenvalue weighted by Crippen LogP contribution is 2.34. The average molecular weight is 411 g/mol. The minimum atomic E-state index is -0.804. The van der Waals surface area contributed by atoms with Crippen LogP contribution in [-0.4, -0.2) is 5.11 Å². The molecule has 5 heteroatoms. The maximum absolute atomic E-state index is 10.4. The van der Waals surface area contributed by atoms with E-state index in [2.05, 4.69) is 31.9 Å². The molecule has 2 aromatic carbocycles. The van der Waals surface area contributed by atoms with Gasteiger partial charge in [0.15, 0.2) is 0 Å². The van der Waals surface area contributed by atoms with E-state index in [4.69, 9.17) is 23.2 Å². The Labute approximate surface area is 132 Å². The van der Waals surface area contributed by atoms with Crippen LogP contribution in [-0.2, 0) is 0 Å². The zero-order valence-electron chi connectivity index (χ0n) is 9.00. The highest BCUT2D eigenvalue weighted by molar-refractivity contribution is 9.11. The van der Waals surface area contributed by atoms with Gasteiger partial charge >= 0.3 is 0 Å². The number of aliphatic hydroxyl groups is 1. The molecule has 0 aliphatic rings. The van der Waals surface area contributed by atoms with Crippen LogP contribution in [0.3, 0.4) is 0 Å². The van der Waals surface area contributed by atoms with E-state index in [-0.39, 0.29) is 0 Å². The minimum Gasteiger partial charge on any atom is -0.384 e. The Bertz CT molecular complexity index is 587.